The van der Waals surface area contributed by atoms with Gasteiger partial charge in [-0.2, -0.15) is 0 Å². The zero-order valence-electron chi connectivity index (χ0n) is 10.1. The lowest BCUT2D eigenvalue weighted by Gasteiger charge is -2.10. The largest absolute Gasteiger partial charge is 0.377 e. The zero-order valence-corrected chi connectivity index (χ0v) is 11.6. The van der Waals surface area contributed by atoms with Gasteiger partial charge in [0.05, 0.1) is 5.56 Å². The van der Waals surface area contributed by atoms with E-state index in [2.05, 4.69) is 9.97 Å². The van der Waals surface area contributed by atoms with Gasteiger partial charge in [-0.3, -0.25) is 0 Å². The maximum absolute atomic E-state index is 6.19. The first-order valence-electron chi connectivity index (χ1n) is 5.40. The number of benzene rings is 1. The van der Waals surface area contributed by atoms with Gasteiger partial charge >= 0.3 is 0 Å². The number of aryl methyl sites for hydroxylation is 1. The van der Waals surface area contributed by atoms with Crippen molar-refractivity contribution in [3.63, 3.8) is 0 Å². The standard InChI is InChI=1S/C13H12Cl2N2O/c1-8-5-3-4-6-9(8)11-12(14)16-10(7-18-2)17-13(11)15/h3-6H,7H2,1-2H3. The predicted molar refractivity (Wildman–Crippen MR) is 72.9 cm³/mol. The Labute approximate surface area is 116 Å². The average Bonchev–Trinajstić information content (AvgIpc) is 2.31. The van der Waals surface area contributed by atoms with Crippen LogP contribution >= 0.6 is 23.2 Å². The summed E-state index contributed by atoms with van der Waals surface area (Å²) < 4.78 is 4.96. The Morgan fingerprint density at radius 3 is 2.28 bits per heavy atom. The summed E-state index contributed by atoms with van der Waals surface area (Å²) in [7, 11) is 1.57. The van der Waals surface area contributed by atoms with Gasteiger partial charge in [0.2, 0.25) is 0 Å². The van der Waals surface area contributed by atoms with Crippen LogP contribution in [-0.4, -0.2) is 17.1 Å². The number of methoxy groups -OCH3 is 1. The Balaban J connectivity index is 2.56. The minimum atomic E-state index is 0.285. The van der Waals surface area contributed by atoms with Gasteiger partial charge in [0.1, 0.15) is 16.9 Å². The Morgan fingerprint density at radius 2 is 1.72 bits per heavy atom. The molecule has 0 fully saturated rings. The smallest absolute Gasteiger partial charge is 0.157 e. The summed E-state index contributed by atoms with van der Waals surface area (Å²) in [5, 5.41) is 0.688. The summed E-state index contributed by atoms with van der Waals surface area (Å²) in [6.45, 7) is 2.28. The number of ether oxygens (including phenoxy) is 1. The van der Waals surface area contributed by atoms with Crippen molar-refractivity contribution in [2.24, 2.45) is 0 Å². The molecule has 0 spiro atoms. The molecule has 1 heterocycles. The molecule has 94 valence electrons. The van der Waals surface area contributed by atoms with Gasteiger partial charge in [-0.05, 0) is 18.1 Å². The second kappa shape index (κ2) is 5.65. The van der Waals surface area contributed by atoms with Gasteiger partial charge < -0.3 is 4.74 Å². The van der Waals surface area contributed by atoms with E-state index in [1.807, 2.05) is 31.2 Å². The molecule has 0 amide bonds. The fourth-order valence-electron chi connectivity index (χ4n) is 1.72. The molecule has 0 aliphatic rings. The number of halogens is 2. The summed E-state index contributed by atoms with van der Waals surface area (Å²) in [6, 6.07) is 7.83. The number of rotatable bonds is 3. The summed E-state index contributed by atoms with van der Waals surface area (Å²) in [4.78, 5) is 8.37. The van der Waals surface area contributed by atoms with Crippen molar-refractivity contribution in [1.29, 1.82) is 0 Å². The number of aromatic nitrogens is 2. The zero-order chi connectivity index (χ0) is 13.1. The third-order valence-electron chi connectivity index (χ3n) is 2.55. The van der Waals surface area contributed by atoms with Crippen molar-refractivity contribution in [3.8, 4) is 11.1 Å². The first-order chi connectivity index (χ1) is 8.63. The van der Waals surface area contributed by atoms with Crippen LogP contribution in [0.1, 0.15) is 11.4 Å². The summed E-state index contributed by atoms with van der Waals surface area (Å²) >= 11 is 12.4. The van der Waals surface area contributed by atoms with Crippen molar-refractivity contribution in [2.75, 3.05) is 7.11 Å². The van der Waals surface area contributed by atoms with Crippen LogP contribution in [0.4, 0.5) is 0 Å². The first-order valence-corrected chi connectivity index (χ1v) is 6.16. The van der Waals surface area contributed by atoms with Crippen LogP contribution < -0.4 is 0 Å². The fourth-order valence-corrected chi connectivity index (χ4v) is 2.34. The normalized spacial score (nSPS) is 10.7. The van der Waals surface area contributed by atoms with Crippen LogP contribution in [0.5, 0.6) is 0 Å². The molecule has 2 aromatic rings. The van der Waals surface area contributed by atoms with Crippen LogP contribution in [0.2, 0.25) is 10.3 Å². The topological polar surface area (TPSA) is 35.0 Å². The van der Waals surface area contributed by atoms with Crippen molar-refractivity contribution in [3.05, 3.63) is 46.0 Å². The van der Waals surface area contributed by atoms with Gasteiger partial charge in [-0.1, -0.05) is 47.5 Å². The van der Waals surface area contributed by atoms with Crippen LogP contribution in [0.25, 0.3) is 11.1 Å². The van der Waals surface area contributed by atoms with Gasteiger partial charge in [0.15, 0.2) is 5.82 Å². The Morgan fingerprint density at radius 1 is 1.11 bits per heavy atom. The molecule has 0 saturated heterocycles. The van der Waals surface area contributed by atoms with Gasteiger partial charge in [0.25, 0.3) is 0 Å². The number of nitrogens with zero attached hydrogens (tertiary/aromatic N) is 2. The molecule has 0 N–H and O–H groups in total. The lowest BCUT2D eigenvalue weighted by atomic mass is 10.0. The van der Waals surface area contributed by atoms with E-state index in [4.69, 9.17) is 27.9 Å². The van der Waals surface area contributed by atoms with E-state index >= 15 is 0 Å². The highest BCUT2D eigenvalue weighted by Crippen LogP contribution is 2.34. The molecular formula is C13H12Cl2N2O. The minimum Gasteiger partial charge on any atom is -0.377 e. The van der Waals surface area contributed by atoms with E-state index in [1.54, 1.807) is 7.11 Å². The van der Waals surface area contributed by atoms with Crippen LogP contribution in [0.15, 0.2) is 24.3 Å². The Hall–Kier alpha value is -1.16. The minimum absolute atomic E-state index is 0.285. The monoisotopic (exact) mass is 282 g/mol. The molecule has 5 heteroatoms. The van der Waals surface area contributed by atoms with E-state index < -0.39 is 0 Å². The van der Waals surface area contributed by atoms with Gasteiger partial charge in [0, 0.05) is 7.11 Å². The Kier molecular flexibility index (Phi) is 4.17. The second-order valence-corrected chi connectivity index (χ2v) is 4.56. The maximum atomic E-state index is 6.19. The van der Waals surface area contributed by atoms with Gasteiger partial charge in [-0.25, -0.2) is 9.97 Å². The lowest BCUT2D eigenvalue weighted by Crippen LogP contribution is -2.00. The van der Waals surface area contributed by atoms with E-state index in [9.17, 15) is 0 Å². The van der Waals surface area contributed by atoms with Crippen LogP contribution in [0, 0.1) is 6.92 Å². The average molecular weight is 283 g/mol. The van der Waals surface area contributed by atoms with E-state index in [0.29, 0.717) is 21.7 Å². The first kappa shape index (κ1) is 13.3. The molecule has 18 heavy (non-hydrogen) atoms. The quantitative estimate of drug-likeness (QED) is 0.801. The second-order valence-electron chi connectivity index (χ2n) is 3.84. The molecule has 0 bridgehead atoms. The van der Waals surface area contributed by atoms with E-state index in [1.165, 1.54) is 0 Å². The molecule has 0 aliphatic heterocycles. The molecule has 1 aromatic carbocycles. The molecule has 2 rings (SSSR count). The molecule has 0 atom stereocenters. The van der Waals surface area contributed by atoms with Crippen molar-refractivity contribution >= 4 is 23.2 Å². The fraction of sp³-hybridized carbons (Fsp3) is 0.231. The van der Waals surface area contributed by atoms with Gasteiger partial charge in [-0.15, -0.1) is 0 Å². The van der Waals surface area contributed by atoms with Crippen LogP contribution in [-0.2, 0) is 11.3 Å². The highest BCUT2D eigenvalue weighted by atomic mass is 35.5. The number of hydrogen-bond acceptors (Lipinski definition) is 3. The molecule has 0 radical (unpaired) electrons. The summed E-state index contributed by atoms with van der Waals surface area (Å²) in [5.41, 5.74) is 2.68. The molecule has 0 saturated carbocycles. The highest BCUT2D eigenvalue weighted by Gasteiger charge is 2.14. The maximum Gasteiger partial charge on any atom is 0.157 e. The molecule has 1 aromatic heterocycles. The van der Waals surface area contributed by atoms with E-state index in [0.717, 1.165) is 11.1 Å². The third-order valence-corrected chi connectivity index (χ3v) is 3.10. The molecule has 3 nitrogen and oxygen atoms in total. The third kappa shape index (κ3) is 2.64. The molecule has 0 aliphatic carbocycles. The SMILES string of the molecule is COCc1nc(Cl)c(-c2ccccc2C)c(Cl)n1. The Bertz CT molecular complexity index is 550. The summed E-state index contributed by atoms with van der Waals surface area (Å²) in [6.07, 6.45) is 0. The number of hydrogen-bond donors (Lipinski definition) is 0. The molecular weight excluding hydrogens is 271 g/mol. The molecule has 0 unspecified atom stereocenters. The predicted octanol–water partition coefficient (Wildman–Crippen LogP) is 3.91. The van der Waals surface area contributed by atoms with E-state index in [-0.39, 0.29) is 6.61 Å². The van der Waals surface area contributed by atoms with Crippen LogP contribution in [0.3, 0.4) is 0 Å². The highest BCUT2D eigenvalue weighted by molar-refractivity contribution is 6.37. The lowest BCUT2D eigenvalue weighted by molar-refractivity contribution is 0.178. The van der Waals surface area contributed by atoms with Crippen molar-refractivity contribution in [1.82, 2.24) is 9.97 Å². The van der Waals surface area contributed by atoms with Crippen molar-refractivity contribution in [2.45, 2.75) is 13.5 Å². The van der Waals surface area contributed by atoms with Crippen molar-refractivity contribution < 1.29 is 4.74 Å². The summed E-state index contributed by atoms with van der Waals surface area (Å²) in [5.74, 6) is 0.477.